The maximum absolute atomic E-state index is 13.9. The van der Waals surface area contributed by atoms with Crippen LogP contribution in [0.5, 0.6) is 0 Å². The maximum Gasteiger partial charge on any atom is 0.131 e. The number of likely N-dealkylation sites (N-methyl/N-ethyl adjacent to an activating group) is 1. The minimum absolute atomic E-state index is 0.322. The lowest BCUT2D eigenvalue weighted by Gasteiger charge is -2.24. The van der Waals surface area contributed by atoms with Crippen molar-refractivity contribution >= 4 is 5.69 Å². The number of aliphatic hydroxyl groups excluding tert-OH is 1. The zero-order chi connectivity index (χ0) is 12.3. The number of anilines is 1. The summed E-state index contributed by atoms with van der Waals surface area (Å²) in [6.45, 7) is 2.26. The van der Waals surface area contributed by atoms with Gasteiger partial charge in [-0.1, -0.05) is 6.07 Å². The molecule has 0 aliphatic carbocycles. The van der Waals surface area contributed by atoms with Gasteiger partial charge < -0.3 is 15.3 Å². The lowest BCUT2D eigenvalue weighted by molar-refractivity contribution is 0.173. The number of halogens is 1. The number of rotatable bonds is 4. The van der Waals surface area contributed by atoms with Crippen molar-refractivity contribution in [1.29, 1.82) is 0 Å². The monoisotopic (exact) mass is 238 g/mol. The molecule has 1 atom stereocenters. The summed E-state index contributed by atoms with van der Waals surface area (Å²) in [7, 11) is 1.75. The predicted molar refractivity (Wildman–Crippen MR) is 66.7 cm³/mol. The Morgan fingerprint density at radius 3 is 2.76 bits per heavy atom. The van der Waals surface area contributed by atoms with Crippen molar-refractivity contribution in [3.63, 3.8) is 0 Å². The van der Waals surface area contributed by atoms with Gasteiger partial charge in [0.05, 0.1) is 6.10 Å². The number of hydrogen-bond acceptors (Lipinski definition) is 3. The van der Waals surface area contributed by atoms with E-state index in [1.54, 1.807) is 13.1 Å². The molecular weight excluding hydrogens is 219 g/mol. The molecule has 0 aromatic heterocycles. The van der Waals surface area contributed by atoms with Gasteiger partial charge in [-0.3, -0.25) is 0 Å². The van der Waals surface area contributed by atoms with E-state index in [9.17, 15) is 9.50 Å². The zero-order valence-electron chi connectivity index (χ0n) is 10.1. The average Bonchev–Trinajstić information content (AvgIpc) is 2.82. The molecule has 1 saturated heterocycles. The molecule has 0 amide bonds. The highest BCUT2D eigenvalue weighted by atomic mass is 19.1. The molecule has 1 aromatic rings. The smallest absolute Gasteiger partial charge is 0.131 e. The molecule has 1 heterocycles. The van der Waals surface area contributed by atoms with Crippen molar-refractivity contribution in [2.24, 2.45) is 0 Å². The summed E-state index contributed by atoms with van der Waals surface area (Å²) < 4.78 is 13.9. The Morgan fingerprint density at radius 2 is 2.12 bits per heavy atom. The standard InChI is InChI=1S/C13H19FN2O/c1-15-9-12(17)13-10(14)5-4-6-11(13)16-7-2-3-8-16/h4-6,12,15,17H,2-3,7-9H2,1H3. The molecule has 0 radical (unpaired) electrons. The van der Waals surface area contributed by atoms with Crippen LogP contribution in [-0.4, -0.2) is 31.8 Å². The third-order valence-corrected chi connectivity index (χ3v) is 3.21. The van der Waals surface area contributed by atoms with Crippen LogP contribution < -0.4 is 10.2 Å². The van der Waals surface area contributed by atoms with E-state index in [0.717, 1.165) is 31.6 Å². The number of nitrogens with one attached hydrogen (secondary N) is 1. The Labute approximate surface area is 101 Å². The van der Waals surface area contributed by atoms with Crippen molar-refractivity contribution in [3.8, 4) is 0 Å². The van der Waals surface area contributed by atoms with Gasteiger partial charge in [0.2, 0.25) is 0 Å². The van der Waals surface area contributed by atoms with Gasteiger partial charge in [-0.25, -0.2) is 4.39 Å². The fourth-order valence-electron chi connectivity index (χ4n) is 2.38. The highest BCUT2D eigenvalue weighted by molar-refractivity contribution is 5.56. The van der Waals surface area contributed by atoms with E-state index >= 15 is 0 Å². The van der Waals surface area contributed by atoms with E-state index in [1.165, 1.54) is 6.07 Å². The lowest BCUT2D eigenvalue weighted by Crippen LogP contribution is -2.24. The van der Waals surface area contributed by atoms with Crippen LogP contribution in [0.2, 0.25) is 0 Å². The Bertz CT molecular complexity index is 378. The van der Waals surface area contributed by atoms with Crippen molar-refractivity contribution in [1.82, 2.24) is 5.32 Å². The van der Waals surface area contributed by atoms with Gasteiger partial charge in [-0.2, -0.15) is 0 Å². The van der Waals surface area contributed by atoms with Gasteiger partial charge in [0, 0.05) is 30.9 Å². The molecule has 1 unspecified atom stereocenters. The first-order valence-electron chi connectivity index (χ1n) is 6.10. The zero-order valence-corrected chi connectivity index (χ0v) is 10.1. The van der Waals surface area contributed by atoms with E-state index in [1.807, 2.05) is 6.07 Å². The Hall–Kier alpha value is -1.13. The predicted octanol–water partition coefficient (Wildman–Crippen LogP) is 1.68. The van der Waals surface area contributed by atoms with Gasteiger partial charge >= 0.3 is 0 Å². The summed E-state index contributed by atoms with van der Waals surface area (Å²) in [5, 5.41) is 12.9. The van der Waals surface area contributed by atoms with Gasteiger partial charge in [0.1, 0.15) is 5.82 Å². The average molecular weight is 238 g/mol. The van der Waals surface area contributed by atoms with E-state index in [4.69, 9.17) is 0 Å². The molecule has 17 heavy (non-hydrogen) atoms. The van der Waals surface area contributed by atoms with Crippen LogP contribution in [0.15, 0.2) is 18.2 Å². The summed E-state index contributed by atoms with van der Waals surface area (Å²) >= 11 is 0. The van der Waals surface area contributed by atoms with Crippen LogP contribution in [0.4, 0.5) is 10.1 Å². The molecule has 0 spiro atoms. The molecule has 0 bridgehead atoms. The first-order valence-corrected chi connectivity index (χ1v) is 6.10. The number of benzene rings is 1. The Kier molecular flexibility index (Phi) is 3.97. The number of nitrogens with zero attached hydrogens (tertiary/aromatic N) is 1. The van der Waals surface area contributed by atoms with Gasteiger partial charge in [-0.15, -0.1) is 0 Å². The van der Waals surface area contributed by atoms with Crippen molar-refractivity contribution < 1.29 is 9.50 Å². The van der Waals surface area contributed by atoms with Gasteiger partial charge in [0.25, 0.3) is 0 Å². The minimum Gasteiger partial charge on any atom is -0.387 e. The van der Waals surface area contributed by atoms with Crippen molar-refractivity contribution in [3.05, 3.63) is 29.6 Å². The molecule has 3 nitrogen and oxygen atoms in total. The van der Waals surface area contributed by atoms with Crippen LogP contribution in [0, 0.1) is 5.82 Å². The summed E-state index contributed by atoms with van der Waals surface area (Å²) in [6.07, 6.45) is 1.48. The summed E-state index contributed by atoms with van der Waals surface area (Å²) in [6, 6.07) is 5.01. The van der Waals surface area contributed by atoms with Crippen LogP contribution in [0.3, 0.4) is 0 Å². The van der Waals surface area contributed by atoms with E-state index in [-0.39, 0.29) is 5.82 Å². The van der Waals surface area contributed by atoms with Gasteiger partial charge in [-0.05, 0) is 32.0 Å². The highest BCUT2D eigenvalue weighted by Gasteiger charge is 2.22. The van der Waals surface area contributed by atoms with Crippen molar-refractivity contribution in [2.75, 3.05) is 31.6 Å². The maximum atomic E-state index is 13.9. The van der Waals surface area contributed by atoms with E-state index in [2.05, 4.69) is 10.2 Å². The lowest BCUT2D eigenvalue weighted by atomic mass is 10.1. The van der Waals surface area contributed by atoms with Crippen molar-refractivity contribution in [2.45, 2.75) is 18.9 Å². The normalized spacial score (nSPS) is 17.5. The molecule has 94 valence electrons. The van der Waals surface area contributed by atoms with E-state index in [0.29, 0.717) is 12.1 Å². The SMILES string of the molecule is CNCC(O)c1c(F)cccc1N1CCCC1. The Morgan fingerprint density at radius 1 is 1.41 bits per heavy atom. The minimum atomic E-state index is -0.795. The molecule has 0 saturated carbocycles. The fraction of sp³-hybridized carbons (Fsp3) is 0.538. The van der Waals surface area contributed by atoms with Crippen LogP contribution in [0.1, 0.15) is 24.5 Å². The van der Waals surface area contributed by atoms with Gasteiger partial charge in [0.15, 0.2) is 0 Å². The van der Waals surface area contributed by atoms with E-state index < -0.39 is 6.10 Å². The number of hydrogen-bond donors (Lipinski definition) is 2. The Balaban J connectivity index is 2.33. The first kappa shape index (κ1) is 12.3. The number of aliphatic hydroxyl groups is 1. The molecule has 1 fully saturated rings. The third kappa shape index (κ3) is 2.58. The third-order valence-electron chi connectivity index (χ3n) is 3.21. The van der Waals surface area contributed by atoms with Crippen LogP contribution >= 0.6 is 0 Å². The molecule has 1 aliphatic heterocycles. The molecule has 2 N–H and O–H groups in total. The van der Waals surface area contributed by atoms with Crippen LogP contribution in [-0.2, 0) is 0 Å². The quantitative estimate of drug-likeness (QED) is 0.837. The first-order chi connectivity index (χ1) is 8.24. The largest absolute Gasteiger partial charge is 0.387 e. The molecular formula is C13H19FN2O. The summed E-state index contributed by atoms with van der Waals surface area (Å²) in [5.74, 6) is -0.322. The molecule has 2 rings (SSSR count). The second-order valence-electron chi connectivity index (χ2n) is 4.44. The molecule has 4 heteroatoms. The second-order valence-corrected chi connectivity index (χ2v) is 4.44. The topological polar surface area (TPSA) is 35.5 Å². The summed E-state index contributed by atoms with van der Waals surface area (Å²) in [4.78, 5) is 2.15. The summed E-state index contributed by atoms with van der Waals surface area (Å²) in [5.41, 5.74) is 1.26. The fourth-order valence-corrected chi connectivity index (χ4v) is 2.38. The second kappa shape index (κ2) is 5.47. The molecule has 1 aromatic carbocycles. The molecule has 1 aliphatic rings. The van der Waals surface area contributed by atoms with Crippen LogP contribution in [0.25, 0.3) is 0 Å². The highest BCUT2D eigenvalue weighted by Crippen LogP contribution is 2.31.